The van der Waals surface area contributed by atoms with E-state index >= 15 is 0 Å². The van der Waals surface area contributed by atoms with E-state index in [0.29, 0.717) is 12.4 Å². The van der Waals surface area contributed by atoms with Gasteiger partial charge in [-0.15, -0.1) is 0 Å². The number of rotatable bonds is 8. The molecule has 0 fully saturated rings. The Labute approximate surface area is 214 Å². The van der Waals surface area contributed by atoms with E-state index in [-0.39, 0.29) is 11.6 Å². The molecule has 0 aliphatic rings. The lowest BCUT2D eigenvalue weighted by Gasteiger charge is -2.17. The summed E-state index contributed by atoms with van der Waals surface area (Å²) < 4.78 is 11.2. The van der Waals surface area contributed by atoms with E-state index in [0.717, 1.165) is 46.3 Å². The zero-order chi connectivity index (χ0) is 26.1. The van der Waals surface area contributed by atoms with Crippen LogP contribution in [-0.2, 0) is 17.8 Å². The highest BCUT2D eigenvalue weighted by Crippen LogP contribution is 2.35. The summed E-state index contributed by atoms with van der Waals surface area (Å²) in [4.78, 5) is 22.4. The average molecular weight is 485 g/mol. The molecule has 5 nitrogen and oxygen atoms in total. The van der Waals surface area contributed by atoms with Gasteiger partial charge in [0.05, 0.1) is 24.0 Å². The topological polar surface area (TPSA) is 61.3 Å². The molecule has 0 saturated carbocycles. The van der Waals surface area contributed by atoms with Crippen molar-refractivity contribution < 1.29 is 14.3 Å². The number of carbonyl (C=O) groups excluding carboxylic acids is 1. The van der Waals surface area contributed by atoms with Crippen LogP contribution in [0.2, 0.25) is 0 Å². The van der Waals surface area contributed by atoms with Crippen molar-refractivity contribution in [2.75, 3.05) is 7.11 Å². The molecule has 0 saturated heterocycles. The largest absolute Gasteiger partial charge is 0.486 e. The molecule has 5 heteroatoms. The fourth-order valence-electron chi connectivity index (χ4n) is 4.04. The summed E-state index contributed by atoms with van der Waals surface area (Å²) in [5.41, 5.74) is 5.88. The molecule has 2 heterocycles. The smallest absolute Gasteiger partial charge is 0.360 e. The van der Waals surface area contributed by atoms with Crippen molar-refractivity contribution in [2.24, 2.45) is 0 Å². The quantitative estimate of drug-likeness (QED) is 0.239. The summed E-state index contributed by atoms with van der Waals surface area (Å²) in [6.45, 7) is 10.6. The molecule has 0 aliphatic heterocycles. The predicted octanol–water partition coefficient (Wildman–Crippen LogP) is 7.76. The number of carbonyl (C=O) groups is 1. The molecule has 0 aliphatic carbocycles. The van der Waals surface area contributed by atoms with Gasteiger partial charge in [0, 0.05) is 10.9 Å². The van der Waals surface area contributed by atoms with E-state index in [1.807, 2.05) is 70.2 Å². The van der Waals surface area contributed by atoms with Crippen LogP contribution in [0.3, 0.4) is 0 Å². The number of nitrogens with zero attached hydrogens (tertiary/aromatic N) is 2. The Bertz CT molecular complexity index is 1300. The van der Waals surface area contributed by atoms with Gasteiger partial charge in [-0.25, -0.2) is 14.8 Å². The van der Waals surface area contributed by atoms with Crippen LogP contribution in [0.5, 0.6) is 5.75 Å². The van der Waals surface area contributed by atoms with Gasteiger partial charge in [0.25, 0.3) is 0 Å². The van der Waals surface area contributed by atoms with Crippen LogP contribution >= 0.6 is 0 Å². The van der Waals surface area contributed by atoms with Gasteiger partial charge in [0.15, 0.2) is 11.4 Å². The van der Waals surface area contributed by atoms with Crippen molar-refractivity contribution in [3.8, 4) is 17.0 Å². The van der Waals surface area contributed by atoms with Crippen LogP contribution in [0.25, 0.3) is 22.2 Å². The van der Waals surface area contributed by atoms with E-state index in [1.54, 1.807) is 0 Å². The first-order valence-electron chi connectivity index (χ1n) is 12.7. The Kier molecular flexibility index (Phi) is 9.57. The molecule has 0 amide bonds. The lowest BCUT2D eigenvalue weighted by Crippen LogP contribution is -2.12. The fourth-order valence-corrected chi connectivity index (χ4v) is 4.04. The van der Waals surface area contributed by atoms with Gasteiger partial charge in [0.2, 0.25) is 0 Å². The average Bonchev–Trinajstić information content (AvgIpc) is 2.92. The summed E-state index contributed by atoms with van der Waals surface area (Å²) in [6.07, 6.45) is 2.12. The number of benzene rings is 2. The molecule has 4 aromatic rings. The van der Waals surface area contributed by atoms with Crippen molar-refractivity contribution in [1.29, 1.82) is 0 Å². The maximum Gasteiger partial charge on any atom is 0.360 e. The maximum atomic E-state index is 12.7. The normalized spacial score (nSPS) is 10.6. The standard InChI is InChI=1S/C29H30N2O3.C2H6/c1-5-10-20-13-9-14-22(17-20)24-16-15-23-26(30-24)25(19(2)3)31-27(29(32)33-4)28(23)34-18-21-11-7-6-8-12-21;1-2/h6-9,11-17,19H,5,10,18H2,1-4H3;1-2H3. The number of fused-ring (bicyclic) bond motifs is 1. The summed E-state index contributed by atoms with van der Waals surface area (Å²) in [7, 11) is 1.36. The monoisotopic (exact) mass is 484 g/mol. The second-order valence-corrected chi connectivity index (χ2v) is 8.64. The van der Waals surface area contributed by atoms with Crippen molar-refractivity contribution in [3.05, 3.63) is 89.2 Å². The third kappa shape index (κ3) is 6.09. The van der Waals surface area contributed by atoms with Gasteiger partial charge < -0.3 is 9.47 Å². The third-order valence-corrected chi connectivity index (χ3v) is 5.74. The second-order valence-electron chi connectivity index (χ2n) is 8.64. The number of pyridine rings is 2. The van der Waals surface area contributed by atoms with Crippen molar-refractivity contribution >= 4 is 16.9 Å². The zero-order valence-electron chi connectivity index (χ0n) is 22.2. The van der Waals surface area contributed by atoms with Crippen molar-refractivity contribution in [3.63, 3.8) is 0 Å². The maximum absolute atomic E-state index is 12.7. The van der Waals surface area contributed by atoms with Crippen molar-refractivity contribution in [1.82, 2.24) is 9.97 Å². The molecule has 2 aromatic heterocycles. The first-order chi connectivity index (χ1) is 17.5. The highest BCUT2D eigenvalue weighted by molar-refractivity contribution is 5.99. The van der Waals surface area contributed by atoms with Crippen LogP contribution < -0.4 is 4.74 Å². The van der Waals surface area contributed by atoms with Gasteiger partial charge >= 0.3 is 5.97 Å². The summed E-state index contributed by atoms with van der Waals surface area (Å²) in [5.74, 6) is -0.0691. The Hall–Kier alpha value is -3.73. The van der Waals surface area contributed by atoms with Gasteiger partial charge in [0.1, 0.15) is 6.61 Å². The molecular formula is C31H36N2O3. The SMILES string of the molecule is CC.CCCc1cccc(-c2ccc3c(OCc4ccccc4)c(C(=O)OC)nc(C(C)C)c3n2)c1. The molecule has 0 radical (unpaired) electrons. The zero-order valence-corrected chi connectivity index (χ0v) is 22.2. The first-order valence-corrected chi connectivity index (χ1v) is 12.7. The molecule has 0 unspecified atom stereocenters. The molecule has 0 bridgehead atoms. The summed E-state index contributed by atoms with van der Waals surface area (Å²) in [6, 6.07) is 22.3. The van der Waals surface area contributed by atoms with Crippen molar-refractivity contribution in [2.45, 2.75) is 60.0 Å². The Morgan fingerprint density at radius 1 is 0.917 bits per heavy atom. The molecule has 0 spiro atoms. The number of ether oxygens (including phenoxy) is 2. The first kappa shape index (κ1) is 26.9. The second kappa shape index (κ2) is 12.8. The van der Waals surface area contributed by atoms with E-state index in [1.165, 1.54) is 12.7 Å². The van der Waals surface area contributed by atoms with Gasteiger partial charge in [-0.05, 0) is 41.7 Å². The minimum Gasteiger partial charge on any atom is -0.486 e. The number of hydrogen-bond acceptors (Lipinski definition) is 5. The molecule has 188 valence electrons. The van der Waals surface area contributed by atoms with Gasteiger partial charge in [-0.3, -0.25) is 0 Å². The molecule has 36 heavy (non-hydrogen) atoms. The van der Waals surface area contributed by atoms with E-state index in [9.17, 15) is 4.79 Å². The third-order valence-electron chi connectivity index (χ3n) is 5.74. The molecule has 4 rings (SSSR count). The Balaban J connectivity index is 0.00000176. The summed E-state index contributed by atoms with van der Waals surface area (Å²) >= 11 is 0. The number of aromatic nitrogens is 2. The van der Waals surface area contributed by atoms with Gasteiger partial charge in [-0.2, -0.15) is 0 Å². The van der Waals surface area contributed by atoms with E-state index < -0.39 is 5.97 Å². The molecule has 0 N–H and O–H groups in total. The van der Waals surface area contributed by atoms with Crippen LogP contribution in [0.4, 0.5) is 0 Å². The summed E-state index contributed by atoms with van der Waals surface area (Å²) in [5, 5.41) is 0.753. The Morgan fingerprint density at radius 2 is 1.64 bits per heavy atom. The minimum absolute atomic E-state index is 0.0586. The predicted molar refractivity (Wildman–Crippen MR) is 147 cm³/mol. The minimum atomic E-state index is -0.525. The number of hydrogen-bond donors (Lipinski definition) is 0. The van der Waals surface area contributed by atoms with Gasteiger partial charge in [-0.1, -0.05) is 89.6 Å². The lowest BCUT2D eigenvalue weighted by atomic mass is 10.0. The molecule has 0 atom stereocenters. The van der Waals surface area contributed by atoms with Crippen LogP contribution in [0.15, 0.2) is 66.7 Å². The van der Waals surface area contributed by atoms with Crippen LogP contribution in [-0.4, -0.2) is 23.0 Å². The van der Waals surface area contributed by atoms with E-state index in [2.05, 4.69) is 31.2 Å². The highest BCUT2D eigenvalue weighted by atomic mass is 16.5. The fraction of sp³-hybridized carbons (Fsp3) is 0.323. The highest BCUT2D eigenvalue weighted by Gasteiger charge is 2.24. The van der Waals surface area contributed by atoms with Crippen LogP contribution in [0, 0.1) is 0 Å². The molecular weight excluding hydrogens is 448 g/mol. The molecule has 2 aromatic carbocycles. The number of aryl methyl sites for hydroxylation is 1. The number of esters is 1. The Morgan fingerprint density at radius 3 is 2.31 bits per heavy atom. The lowest BCUT2D eigenvalue weighted by molar-refractivity contribution is 0.0588. The number of methoxy groups -OCH3 is 1. The van der Waals surface area contributed by atoms with Crippen LogP contribution in [0.1, 0.15) is 74.3 Å². The van der Waals surface area contributed by atoms with E-state index in [4.69, 9.17) is 19.4 Å².